The first-order valence-electron chi connectivity index (χ1n) is 9.30. The highest BCUT2D eigenvalue weighted by Gasteiger charge is 2.18. The Morgan fingerprint density at radius 1 is 1.08 bits per heavy atom. The quantitative estimate of drug-likeness (QED) is 0.901. The molecule has 4 rings (SSSR count). The number of nitrogens with zero attached hydrogens (tertiary/aromatic N) is 3. The molecule has 0 aromatic carbocycles. The molecule has 1 fully saturated rings. The van der Waals surface area contributed by atoms with Crippen LogP contribution in [0.2, 0.25) is 0 Å². The van der Waals surface area contributed by atoms with Gasteiger partial charge in [-0.3, -0.25) is 15.1 Å². The van der Waals surface area contributed by atoms with Crippen LogP contribution in [-0.2, 0) is 12.8 Å². The van der Waals surface area contributed by atoms with E-state index in [9.17, 15) is 4.79 Å². The Labute approximate surface area is 152 Å². The number of carbonyl (C=O) groups is 1. The molecule has 2 aliphatic rings. The van der Waals surface area contributed by atoms with Gasteiger partial charge in [-0.05, 0) is 50.7 Å². The van der Waals surface area contributed by atoms with Gasteiger partial charge >= 0.3 is 0 Å². The number of rotatable bonds is 3. The highest BCUT2D eigenvalue weighted by Crippen LogP contribution is 2.30. The zero-order valence-electron chi connectivity index (χ0n) is 14.5. The van der Waals surface area contributed by atoms with Crippen LogP contribution in [0, 0.1) is 0 Å². The molecule has 5 nitrogen and oxygen atoms in total. The van der Waals surface area contributed by atoms with Crippen LogP contribution in [-0.4, -0.2) is 29.0 Å². The van der Waals surface area contributed by atoms with Gasteiger partial charge in [-0.1, -0.05) is 12.8 Å². The van der Waals surface area contributed by atoms with Gasteiger partial charge in [-0.2, -0.15) is 0 Å². The standard InChI is InChI=1S/C19H24N4OS/c24-18(22-19-21-15-7-3-4-8-17(15)25-19)16-13-14(9-10-20-16)23-11-5-1-2-6-12-23/h9-10,13H,1-8,11-12H2,(H,21,22,24). The summed E-state index contributed by atoms with van der Waals surface area (Å²) in [5, 5.41) is 3.65. The highest BCUT2D eigenvalue weighted by atomic mass is 32.1. The van der Waals surface area contributed by atoms with Crippen LogP contribution in [0.5, 0.6) is 0 Å². The minimum absolute atomic E-state index is 0.164. The SMILES string of the molecule is O=C(Nc1nc2c(s1)CCCC2)c1cc(N2CCCCCC2)ccn1. The number of aryl methyl sites for hydroxylation is 2. The lowest BCUT2D eigenvalue weighted by Crippen LogP contribution is -2.24. The van der Waals surface area contributed by atoms with Gasteiger partial charge in [0.2, 0.25) is 0 Å². The summed E-state index contributed by atoms with van der Waals surface area (Å²) in [6, 6.07) is 3.92. The maximum absolute atomic E-state index is 12.6. The second kappa shape index (κ2) is 7.52. The topological polar surface area (TPSA) is 58.1 Å². The third kappa shape index (κ3) is 3.84. The monoisotopic (exact) mass is 356 g/mol. The van der Waals surface area contributed by atoms with Gasteiger partial charge < -0.3 is 4.90 Å². The number of nitrogens with one attached hydrogen (secondary N) is 1. The highest BCUT2D eigenvalue weighted by molar-refractivity contribution is 7.15. The molecule has 0 spiro atoms. The Morgan fingerprint density at radius 3 is 2.68 bits per heavy atom. The summed E-state index contributed by atoms with van der Waals surface area (Å²) in [6.45, 7) is 2.12. The molecule has 2 aromatic rings. The molecule has 6 heteroatoms. The third-order valence-corrected chi connectivity index (χ3v) is 6.09. The van der Waals surface area contributed by atoms with Crippen molar-refractivity contribution in [1.82, 2.24) is 9.97 Å². The van der Waals surface area contributed by atoms with Crippen molar-refractivity contribution in [3.05, 3.63) is 34.6 Å². The van der Waals surface area contributed by atoms with Crippen molar-refractivity contribution in [2.45, 2.75) is 51.4 Å². The molecule has 2 aromatic heterocycles. The van der Waals surface area contributed by atoms with Crippen LogP contribution in [0.3, 0.4) is 0 Å². The predicted molar refractivity (Wildman–Crippen MR) is 102 cm³/mol. The zero-order chi connectivity index (χ0) is 17.1. The minimum Gasteiger partial charge on any atom is -0.371 e. The van der Waals surface area contributed by atoms with Gasteiger partial charge in [-0.15, -0.1) is 11.3 Å². The fraction of sp³-hybridized carbons (Fsp3) is 0.526. The number of aromatic nitrogens is 2. The molecule has 25 heavy (non-hydrogen) atoms. The van der Waals surface area contributed by atoms with E-state index in [0.717, 1.165) is 37.3 Å². The van der Waals surface area contributed by atoms with E-state index in [1.54, 1.807) is 17.5 Å². The summed E-state index contributed by atoms with van der Waals surface area (Å²) >= 11 is 1.61. The molecule has 0 unspecified atom stereocenters. The fourth-order valence-corrected chi connectivity index (χ4v) is 4.68. The second-order valence-corrected chi connectivity index (χ2v) is 7.93. The number of amides is 1. The molecule has 1 aliphatic heterocycles. The Morgan fingerprint density at radius 2 is 1.88 bits per heavy atom. The first-order chi connectivity index (χ1) is 12.3. The summed E-state index contributed by atoms with van der Waals surface area (Å²) in [5.41, 5.74) is 2.73. The van der Waals surface area contributed by atoms with Crippen molar-refractivity contribution in [3.8, 4) is 0 Å². The van der Waals surface area contributed by atoms with Crippen molar-refractivity contribution >= 4 is 28.1 Å². The van der Waals surface area contributed by atoms with Crippen molar-refractivity contribution in [2.75, 3.05) is 23.3 Å². The Bertz CT molecular complexity index is 726. The summed E-state index contributed by atoms with van der Waals surface area (Å²) in [5.74, 6) is -0.164. The van der Waals surface area contributed by atoms with Gasteiger partial charge in [0.1, 0.15) is 5.69 Å². The minimum atomic E-state index is -0.164. The van der Waals surface area contributed by atoms with Crippen LogP contribution in [0.25, 0.3) is 0 Å². The van der Waals surface area contributed by atoms with Gasteiger partial charge in [0.25, 0.3) is 5.91 Å². The van der Waals surface area contributed by atoms with Crippen molar-refractivity contribution in [2.24, 2.45) is 0 Å². The molecule has 0 bridgehead atoms. The third-order valence-electron chi connectivity index (χ3n) is 5.01. The molecule has 1 aliphatic carbocycles. The lowest BCUT2D eigenvalue weighted by molar-refractivity contribution is 0.102. The fourth-order valence-electron chi connectivity index (χ4n) is 3.64. The van der Waals surface area contributed by atoms with Crippen LogP contribution in [0.4, 0.5) is 10.8 Å². The number of hydrogen-bond acceptors (Lipinski definition) is 5. The number of hydrogen-bond donors (Lipinski definition) is 1. The van der Waals surface area contributed by atoms with Crippen molar-refractivity contribution in [1.29, 1.82) is 0 Å². The van der Waals surface area contributed by atoms with E-state index in [-0.39, 0.29) is 5.91 Å². The maximum atomic E-state index is 12.6. The van der Waals surface area contributed by atoms with Crippen LogP contribution < -0.4 is 10.2 Å². The zero-order valence-corrected chi connectivity index (χ0v) is 15.3. The van der Waals surface area contributed by atoms with E-state index in [0.29, 0.717) is 10.8 Å². The lowest BCUT2D eigenvalue weighted by Gasteiger charge is -2.22. The van der Waals surface area contributed by atoms with E-state index in [1.807, 2.05) is 12.1 Å². The van der Waals surface area contributed by atoms with Gasteiger partial charge in [0.05, 0.1) is 5.69 Å². The van der Waals surface area contributed by atoms with Gasteiger partial charge in [0, 0.05) is 29.9 Å². The number of carbonyl (C=O) groups excluding carboxylic acids is 1. The normalized spacial score (nSPS) is 17.7. The van der Waals surface area contributed by atoms with E-state index >= 15 is 0 Å². The largest absolute Gasteiger partial charge is 0.371 e. The Balaban J connectivity index is 1.48. The van der Waals surface area contributed by atoms with E-state index in [2.05, 4.69) is 20.2 Å². The molecule has 0 saturated carbocycles. The predicted octanol–water partition coefficient (Wildman–Crippen LogP) is 4.05. The Hall–Kier alpha value is -1.95. The summed E-state index contributed by atoms with van der Waals surface area (Å²) in [4.78, 5) is 25.2. The van der Waals surface area contributed by atoms with Gasteiger partial charge in [0.15, 0.2) is 5.13 Å². The molecular weight excluding hydrogens is 332 g/mol. The summed E-state index contributed by atoms with van der Waals surface area (Å²) < 4.78 is 0. The maximum Gasteiger partial charge on any atom is 0.276 e. The molecule has 1 N–H and O–H groups in total. The summed E-state index contributed by atoms with van der Waals surface area (Å²) in [7, 11) is 0. The number of fused-ring (bicyclic) bond motifs is 1. The molecule has 132 valence electrons. The van der Waals surface area contributed by atoms with Crippen LogP contribution in [0.15, 0.2) is 18.3 Å². The average Bonchev–Trinajstić information content (AvgIpc) is 2.86. The molecular formula is C19H24N4OS. The van der Waals surface area contributed by atoms with Crippen LogP contribution >= 0.6 is 11.3 Å². The number of pyridine rings is 1. The van der Waals surface area contributed by atoms with Crippen molar-refractivity contribution < 1.29 is 4.79 Å². The lowest BCUT2D eigenvalue weighted by atomic mass is 10.0. The second-order valence-electron chi connectivity index (χ2n) is 6.85. The summed E-state index contributed by atoms with van der Waals surface area (Å²) in [6.07, 6.45) is 11.3. The molecule has 1 amide bonds. The van der Waals surface area contributed by atoms with E-state index < -0.39 is 0 Å². The first kappa shape index (κ1) is 16.5. The van der Waals surface area contributed by atoms with Crippen molar-refractivity contribution in [3.63, 3.8) is 0 Å². The van der Waals surface area contributed by atoms with E-state index in [4.69, 9.17) is 0 Å². The van der Waals surface area contributed by atoms with Gasteiger partial charge in [-0.25, -0.2) is 4.98 Å². The molecule has 0 atom stereocenters. The Kier molecular flexibility index (Phi) is 4.97. The number of thiazole rings is 1. The molecule has 1 saturated heterocycles. The molecule has 3 heterocycles. The average molecular weight is 356 g/mol. The van der Waals surface area contributed by atoms with Crippen LogP contribution in [0.1, 0.15) is 59.6 Å². The number of anilines is 2. The first-order valence-corrected chi connectivity index (χ1v) is 10.1. The smallest absolute Gasteiger partial charge is 0.276 e. The van der Waals surface area contributed by atoms with E-state index in [1.165, 1.54) is 43.4 Å². The molecule has 0 radical (unpaired) electrons.